The maximum absolute atomic E-state index is 11.3. The summed E-state index contributed by atoms with van der Waals surface area (Å²) in [5.74, 6) is 0.454. The van der Waals surface area contributed by atoms with E-state index in [0.29, 0.717) is 17.2 Å². The predicted molar refractivity (Wildman–Crippen MR) is 67.5 cm³/mol. The van der Waals surface area contributed by atoms with Gasteiger partial charge in [0.1, 0.15) is 0 Å². The molecule has 0 spiro atoms. The molecule has 2 aromatic heterocycles. The Morgan fingerprint density at radius 1 is 1.33 bits per heavy atom. The van der Waals surface area contributed by atoms with E-state index in [1.807, 2.05) is 0 Å². The maximum Gasteiger partial charge on any atom is 0.250 e. The van der Waals surface area contributed by atoms with Gasteiger partial charge in [0.15, 0.2) is 11.0 Å². The molecule has 0 unspecified atom stereocenters. The first kappa shape index (κ1) is 12.8. The molecular weight excluding hydrogens is 278 g/mol. The van der Waals surface area contributed by atoms with E-state index < -0.39 is 10.0 Å². The molecule has 0 aromatic carbocycles. The first-order chi connectivity index (χ1) is 8.36. The molecule has 1 N–H and O–H groups in total. The van der Waals surface area contributed by atoms with E-state index in [4.69, 9.17) is 11.6 Å². The SMILES string of the molecule is Cc1nn(S(C)(=O)=O)cc1Nc1ccc(Cl)nn1. The van der Waals surface area contributed by atoms with Crippen molar-refractivity contribution in [2.75, 3.05) is 11.6 Å². The number of nitrogens with zero attached hydrogens (tertiary/aromatic N) is 4. The van der Waals surface area contributed by atoms with Crippen LogP contribution in [0.5, 0.6) is 0 Å². The van der Waals surface area contributed by atoms with E-state index in [2.05, 4.69) is 20.6 Å². The van der Waals surface area contributed by atoms with Gasteiger partial charge in [0.2, 0.25) is 0 Å². The second-order valence-corrected chi connectivity index (χ2v) is 5.86. The van der Waals surface area contributed by atoms with Gasteiger partial charge in [0.25, 0.3) is 10.0 Å². The quantitative estimate of drug-likeness (QED) is 0.912. The van der Waals surface area contributed by atoms with Crippen LogP contribution in [0.15, 0.2) is 18.3 Å². The van der Waals surface area contributed by atoms with E-state index >= 15 is 0 Å². The van der Waals surface area contributed by atoms with Crippen LogP contribution in [0.2, 0.25) is 5.15 Å². The normalized spacial score (nSPS) is 11.5. The number of hydrogen-bond donors (Lipinski definition) is 1. The molecule has 0 aliphatic heterocycles. The van der Waals surface area contributed by atoms with Crippen LogP contribution in [-0.4, -0.2) is 34.1 Å². The van der Waals surface area contributed by atoms with Crippen molar-refractivity contribution in [1.82, 2.24) is 19.4 Å². The van der Waals surface area contributed by atoms with Gasteiger partial charge in [-0.15, -0.1) is 10.2 Å². The fourth-order valence-electron chi connectivity index (χ4n) is 1.25. The van der Waals surface area contributed by atoms with Gasteiger partial charge in [-0.1, -0.05) is 11.6 Å². The van der Waals surface area contributed by atoms with Crippen molar-refractivity contribution in [3.8, 4) is 0 Å². The zero-order valence-electron chi connectivity index (χ0n) is 9.62. The Labute approximate surface area is 109 Å². The molecule has 0 radical (unpaired) electrons. The minimum atomic E-state index is -3.40. The van der Waals surface area contributed by atoms with Gasteiger partial charge < -0.3 is 5.32 Å². The summed E-state index contributed by atoms with van der Waals surface area (Å²) in [5.41, 5.74) is 1.08. The zero-order valence-corrected chi connectivity index (χ0v) is 11.2. The number of hydrogen-bond acceptors (Lipinski definition) is 6. The Morgan fingerprint density at radius 3 is 2.56 bits per heavy atom. The van der Waals surface area contributed by atoms with Crippen LogP contribution in [0, 0.1) is 6.92 Å². The van der Waals surface area contributed by atoms with Crippen LogP contribution in [0.3, 0.4) is 0 Å². The van der Waals surface area contributed by atoms with Gasteiger partial charge in [-0.2, -0.15) is 9.19 Å². The lowest BCUT2D eigenvalue weighted by Crippen LogP contribution is -2.10. The molecule has 0 aliphatic rings. The van der Waals surface area contributed by atoms with E-state index in [1.165, 1.54) is 6.20 Å². The molecule has 2 heterocycles. The maximum atomic E-state index is 11.3. The monoisotopic (exact) mass is 287 g/mol. The Hall–Kier alpha value is -1.67. The third-order valence-corrected chi connectivity index (χ3v) is 3.18. The number of halogens is 1. The second-order valence-electron chi connectivity index (χ2n) is 3.63. The minimum absolute atomic E-state index is 0.282. The van der Waals surface area contributed by atoms with Crippen molar-refractivity contribution in [2.24, 2.45) is 0 Å². The molecule has 0 amide bonds. The molecular formula is C9H10ClN5O2S. The Kier molecular flexibility index (Phi) is 3.22. The highest BCUT2D eigenvalue weighted by Gasteiger charge is 2.12. The lowest BCUT2D eigenvalue weighted by atomic mass is 10.4. The van der Waals surface area contributed by atoms with Gasteiger partial charge in [-0.25, -0.2) is 8.42 Å². The van der Waals surface area contributed by atoms with E-state index in [9.17, 15) is 8.42 Å². The molecule has 0 atom stereocenters. The molecule has 0 aliphatic carbocycles. The Morgan fingerprint density at radius 2 is 2.06 bits per heavy atom. The molecule has 0 saturated carbocycles. The van der Waals surface area contributed by atoms with Crippen LogP contribution in [-0.2, 0) is 10.0 Å². The second kappa shape index (κ2) is 4.54. The molecule has 0 saturated heterocycles. The number of aryl methyl sites for hydroxylation is 1. The van der Waals surface area contributed by atoms with Crippen LogP contribution < -0.4 is 5.32 Å². The lowest BCUT2D eigenvalue weighted by molar-refractivity contribution is 0.586. The van der Waals surface area contributed by atoms with Crippen molar-refractivity contribution < 1.29 is 8.42 Å². The van der Waals surface area contributed by atoms with Crippen molar-refractivity contribution >= 4 is 33.1 Å². The summed E-state index contributed by atoms with van der Waals surface area (Å²) in [6.45, 7) is 1.69. The smallest absolute Gasteiger partial charge is 0.250 e. The van der Waals surface area contributed by atoms with Crippen LogP contribution in [0.1, 0.15) is 5.69 Å². The summed E-state index contributed by atoms with van der Waals surface area (Å²) in [6, 6.07) is 3.21. The topological polar surface area (TPSA) is 89.8 Å². The third kappa shape index (κ3) is 2.77. The zero-order chi connectivity index (χ0) is 13.3. The molecule has 96 valence electrons. The van der Waals surface area contributed by atoms with Crippen molar-refractivity contribution in [2.45, 2.75) is 6.92 Å². The molecule has 7 nitrogen and oxygen atoms in total. The highest BCUT2D eigenvalue weighted by Crippen LogP contribution is 2.18. The Balaban J connectivity index is 2.30. The molecule has 2 aromatic rings. The van der Waals surface area contributed by atoms with E-state index in [1.54, 1.807) is 19.1 Å². The summed E-state index contributed by atoms with van der Waals surface area (Å²) in [7, 11) is -3.40. The van der Waals surface area contributed by atoms with Crippen molar-refractivity contribution in [3.05, 3.63) is 29.2 Å². The fourth-order valence-corrected chi connectivity index (χ4v) is 1.92. The highest BCUT2D eigenvalue weighted by atomic mass is 35.5. The number of aromatic nitrogens is 4. The van der Waals surface area contributed by atoms with Crippen LogP contribution in [0.25, 0.3) is 0 Å². The lowest BCUT2D eigenvalue weighted by Gasteiger charge is -2.01. The first-order valence-electron chi connectivity index (χ1n) is 4.89. The fraction of sp³-hybridized carbons (Fsp3) is 0.222. The standard InChI is InChI=1S/C9H10ClN5O2S/c1-6-7(5-15(14-6)18(2,16)17)11-9-4-3-8(10)12-13-9/h3-5H,1-2H3,(H,11,13). The average Bonchev–Trinajstić information content (AvgIpc) is 2.63. The number of rotatable bonds is 3. The minimum Gasteiger partial charge on any atom is -0.336 e. The first-order valence-corrected chi connectivity index (χ1v) is 7.12. The average molecular weight is 288 g/mol. The summed E-state index contributed by atoms with van der Waals surface area (Å²) in [6.07, 6.45) is 2.45. The predicted octanol–water partition coefficient (Wildman–Crippen LogP) is 1.19. The van der Waals surface area contributed by atoms with Crippen LogP contribution >= 0.6 is 11.6 Å². The molecule has 2 rings (SSSR count). The summed E-state index contributed by atoms with van der Waals surface area (Å²) in [4.78, 5) is 0. The largest absolute Gasteiger partial charge is 0.336 e. The molecule has 0 fully saturated rings. The highest BCUT2D eigenvalue weighted by molar-refractivity contribution is 7.89. The van der Waals surface area contributed by atoms with E-state index in [0.717, 1.165) is 10.3 Å². The third-order valence-electron chi connectivity index (χ3n) is 2.11. The van der Waals surface area contributed by atoms with Gasteiger partial charge >= 0.3 is 0 Å². The van der Waals surface area contributed by atoms with Gasteiger partial charge in [-0.05, 0) is 19.1 Å². The summed E-state index contributed by atoms with van der Waals surface area (Å²) < 4.78 is 23.5. The van der Waals surface area contributed by atoms with Gasteiger partial charge in [0.05, 0.1) is 23.8 Å². The Bertz CT molecular complexity index is 665. The number of anilines is 2. The van der Waals surface area contributed by atoms with Crippen molar-refractivity contribution in [1.29, 1.82) is 0 Å². The summed E-state index contributed by atoms with van der Waals surface area (Å²) >= 11 is 5.61. The summed E-state index contributed by atoms with van der Waals surface area (Å²) in [5, 5.41) is 14.6. The molecule has 9 heteroatoms. The van der Waals surface area contributed by atoms with E-state index in [-0.39, 0.29) is 5.15 Å². The van der Waals surface area contributed by atoms with Gasteiger partial charge in [0, 0.05) is 0 Å². The molecule has 0 bridgehead atoms. The van der Waals surface area contributed by atoms with Crippen LogP contribution in [0.4, 0.5) is 11.5 Å². The molecule has 18 heavy (non-hydrogen) atoms. The van der Waals surface area contributed by atoms with Crippen molar-refractivity contribution in [3.63, 3.8) is 0 Å². The van der Waals surface area contributed by atoms with Gasteiger partial charge in [-0.3, -0.25) is 0 Å². The number of nitrogens with one attached hydrogen (secondary N) is 1.